The van der Waals surface area contributed by atoms with Crippen molar-refractivity contribution in [1.29, 1.82) is 0 Å². The van der Waals surface area contributed by atoms with Crippen molar-refractivity contribution < 1.29 is 9.72 Å². The fourth-order valence-corrected chi connectivity index (χ4v) is 1.91. The van der Waals surface area contributed by atoms with Gasteiger partial charge in [-0.25, -0.2) is 4.98 Å². The smallest absolute Gasteiger partial charge is 0.305 e. The number of nitrogens with one attached hydrogen (secondary N) is 3. The highest BCUT2D eigenvalue weighted by Gasteiger charge is 2.24. The van der Waals surface area contributed by atoms with Crippen molar-refractivity contribution in [3.05, 3.63) is 52.1 Å². The highest BCUT2D eigenvalue weighted by molar-refractivity contribution is 6.00. The Kier molecular flexibility index (Phi) is 4.50. The molecule has 0 atom stereocenters. The fraction of sp³-hybridized carbons (Fsp3) is 0.231. The minimum absolute atomic E-state index is 0.0185. The molecular formula is C13H15N5O3. The zero-order chi connectivity index (χ0) is 15.2. The van der Waals surface area contributed by atoms with Crippen LogP contribution in [0.25, 0.3) is 0 Å². The van der Waals surface area contributed by atoms with Crippen LogP contribution in [0.1, 0.15) is 23.1 Å². The number of amides is 1. The Bertz CT molecular complexity index is 639. The number of nitrogens with zero attached hydrogens (tertiary/aromatic N) is 2. The summed E-state index contributed by atoms with van der Waals surface area (Å²) >= 11 is 0. The number of hydrogen-bond acceptors (Lipinski definition) is 5. The maximum absolute atomic E-state index is 12.1. The third kappa shape index (κ3) is 3.35. The predicted molar refractivity (Wildman–Crippen MR) is 77.0 cm³/mol. The van der Waals surface area contributed by atoms with Gasteiger partial charge < -0.3 is 15.6 Å². The van der Waals surface area contributed by atoms with Crippen molar-refractivity contribution in [3.63, 3.8) is 0 Å². The number of anilines is 1. The molecule has 0 aliphatic carbocycles. The molecule has 21 heavy (non-hydrogen) atoms. The van der Waals surface area contributed by atoms with Crippen LogP contribution in [-0.2, 0) is 6.54 Å². The lowest BCUT2D eigenvalue weighted by molar-refractivity contribution is -0.384. The number of para-hydroxylation sites is 1. The van der Waals surface area contributed by atoms with Crippen LogP contribution in [0.4, 0.5) is 11.4 Å². The maximum atomic E-state index is 12.1. The first kappa shape index (κ1) is 14.5. The van der Waals surface area contributed by atoms with Gasteiger partial charge in [-0.05, 0) is 19.1 Å². The number of carbonyl (C=O) groups is 1. The Hall–Kier alpha value is -2.90. The van der Waals surface area contributed by atoms with Crippen LogP contribution < -0.4 is 10.6 Å². The molecule has 110 valence electrons. The summed E-state index contributed by atoms with van der Waals surface area (Å²) < 4.78 is 0. The Morgan fingerprint density at radius 3 is 2.90 bits per heavy atom. The van der Waals surface area contributed by atoms with Crippen LogP contribution in [0.3, 0.4) is 0 Å². The molecule has 0 saturated heterocycles. The van der Waals surface area contributed by atoms with Crippen molar-refractivity contribution in [3.8, 4) is 0 Å². The number of H-pyrrole nitrogens is 1. The summed E-state index contributed by atoms with van der Waals surface area (Å²) in [5.74, 6) is 0.0618. The number of nitro groups is 1. The van der Waals surface area contributed by atoms with Crippen molar-refractivity contribution in [2.24, 2.45) is 0 Å². The van der Waals surface area contributed by atoms with Gasteiger partial charge in [0.2, 0.25) is 0 Å². The van der Waals surface area contributed by atoms with E-state index in [0.717, 1.165) is 0 Å². The number of rotatable bonds is 6. The molecular weight excluding hydrogens is 274 g/mol. The summed E-state index contributed by atoms with van der Waals surface area (Å²) in [4.78, 5) is 29.6. The molecule has 0 fully saturated rings. The van der Waals surface area contributed by atoms with Gasteiger partial charge in [0.05, 0.1) is 11.5 Å². The normalized spacial score (nSPS) is 10.1. The summed E-state index contributed by atoms with van der Waals surface area (Å²) in [6.45, 7) is 2.53. The van der Waals surface area contributed by atoms with E-state index in [2.05, 4.69) is 20.6 Å². The third-order valence-corrected chi connectivity index (χ3v) is 2.80. The number of aromatic amines is 1. The molecule has 0 unspecified atom stereocenters. The molecule has 8 heteroatoms. The van der Waals surface area contributed by atoms with E-state index in [1.54, 1.807) is 24.5 Å². The SMILES string of the molecule is CCNc1cccc(C(=O)NCc2ncc[nH]2)c1[N+](=O)[O-]. The van der Waals surface area contributed by atoms with Gasteiger partial charge in [0.1, 0.15) is 17.1 Å². The lowest BCUT2D eigenvalue weighted by Crippen LogP contribution is -2.24. The molecule has 1 aromatic heterocycles. The molecule has 0 saturated carbocycles. The second-order valence-electron chi connectivity index (χ2n) is 4.21. The van der Waals surface area contributed by atoms with Crippen LogP contribution in [0.5, 0.6) is 0 Å². The van der Waals surface area contributed by atoms with Gasteiger partial charge in [-0.1, -0.05) is 6.07 Å². The molecule has 0 aliphatic heterocycles. The number of imidazole rings is 1. The van der Waals surface area contributed by atoms with Gasteiger partial charge in [0.25, 0.3) is 5.91 Å². The largest absolute Gasteiger partial charge is 0.380 e. The molecule has 0 bridgehead atoms. The second-order valence-corrected chi connectivity index (χ2v) is 4.21. The molecule has 0 aliphatic rings. The number of nitro benzene ring substituents is 1. The van der Waals surface area contributed by atoms with E-state index in [1.807, 2.05) is 6.92 Å². The lowest BCUT2D eigenvalue weighted by Gasteiger charge is -2.09. The molecule has 1 amide bonds. The van der Waals surface area contributed by atoms with Gasteiger partial charge in [-0.3, -0.25) is 14.9 Å². The summed E-state index contributed by atoms with van der Waals surface area (Å²) in [5.41, 5.74) is 0.120. The van der Waals surface area contributed by atoms with Gasteiger partial charge in [-0.2, -0.15) is 0 Å². The van der Waals surface area contributed by atoms with Gasteiger partial charge in [0, 0.05) is 18.9 Å². The molecule has 0 spiro atoms. The van der Waals surface area contributed by atoms with E-state index < -0.39 is 10.8 Å². The van der Waals surface area contributed by atoms with E-state index >= 15 is 0 Å². The average molecular weight is 289 g/mol. The minimum atomic E-state index is -0.556. The van der Waals surface area contributed by atoms with Crippen molar-refractivity contribution in [2.45, 2.75) is 13.5 Å². The third-order valence-electron chi connectivity index (χ3n) is 2.80. The van der Waals surface area contributed by atoms with Crippen molar-refractivity contribution >= 4 is 17.3 Å². The van der Waals surface area contributed by atoms with Crippen LogP contribution in [-0.4, -0.2) is 27.3 Å². The predicted octanol–water partition coefficient (Wildman–Crippen LogP) is 1.68. The molecule has 3 N–H and O–H groups in total. The van der Waals surface area contributed by atoms with Gasteiger partial charge >= 0.3 is 5.69 Å². The first-order valence-electron chi connectivity index (χ1n) is 6.41. The Labute approximate surface area is 120 Å². The van der Waals surface area contributed by atoms with Crippen LogP contribution in [0.2, 0.25) is 0 Å². The lowest BCUT2D eigenvalue weighted by atomic mass is 10.1. The summed E-state index contributed by atoms with van der Waals surface area (Å²) in [5, 5.41) is 16.7. The van der Waals surface area contributed by atoms with Gasteiger partial charge in [-0.15, -0.1) is 0 Å². The zero-order valence-electron chi connectivity index (χ0n) is 11.4. The topological polar surface area (TPSA) is 113 Å². The van der Waals surface area contributed by atoms with Crippen molar-refractivity contribution in [1.82, 2.24) is 15.3 Å². The number of hydrogen-bond donors (Lipinski definition) is 3. The first-order valence-corrected chi connectivity index (χ1v) is 6.41. The van der Waals surface area contributed by atoms with Gasteiger partial charge in [0.15, 0.2) is 0 Å². The molecule has 2 rings (SSSR count). The molecule has 2 aromatic rings. The summed E-state index contributed by atoms with van der Waals surface area (Å²) in [6.07, 6.45) is 3.20. The van der Waals surface area contributed by atoms with E-state index in [0.29, 0.717) is 18.1 Å². The highest BCUT2D eigenvalue weighted by Crippen LogP contribution is 2.28. The van der Waals surface area contributed by atoms with E-state index in [4.69, 9.17) is 0 Å². The number of benzene rings is 1. The maximum Gasteiger partial charge on any atom is 0.305 e. The van der Waals surface area contributed by atoms with Crippen molar-refractivity contribution in [2.75, 3.05) is 11.9 Å². The van der Waals surface area contributed by atoms with Crippen LogP contribution in [0, 0.1) is 10.1 Å². The molecule has 1 aromatic carbocycles. The zero-order valence-corrected chi connectivity index (χ0v) is 11.4. The fourth-order valence-electron chi connectivity index (χ4n) is 1.91. The minimum Gasteiger partial charge on any atom is -0.380 e. The standard InChI is InChI=1S/C13H15N5O3/c1-2-14-10-5-3-4-9(12(10)18(20)21)13(19)17-8-11-15-6-7-16-11/h3-7,14H,2,8H2,1H3,(H,15,16)(H,17,19). The first-order chi connectivity index (χ1) is 10.1. The Morgan fingerprint density at radius 1 is 1.48 bits per heavy atom. The van der Waals surface area contributed by atoms with E-state index in [1.165, 1.54) is 6.07 Å². The number of aromatic nitrogens is 2. The van der Waals surface area contributed by atoms with Crippen LogP contribution >= 0.6 is 0 Å². The van der Waals surface area contributed by atoms with E-state index in [-0.39, 0.29) is 17.8 Å². The quantitative estimate of drug-likeness (QED) is 0.553. The Morgan fingerprint density at radius 2 is 2.29 bits per heavy atom. The van der Waals surface area contributed by atoms with Crippen LogP contribution in [0.15, 0.2) is 30.6 Å². The molecule has 8 nitrogen and oxygen atoms in total. The summed E-state index contributed by atoms with van der Waals surface area (Å²) in [6, 6.07) is 4.61. The highest BCUT2D eigenvalue weighted by atomic mass is 16.6. The second kappa shape index (κ2) is 6.51. The average Bonchev–Trinajstić information content (AvgIpc) is 2.98. The Balaban J connectivity index is 2.23. The van der Waals surface area contributed by atoms with E-state index in [9.17, 15) is 14.9 Å². The summed E-state index contributed by atoms with van der Waals surface area (Å²) in [7, 11) is 0. The molecule has 0 radical (unpaired) electrons. The number of carbonyl (C=O) groups excluding carboxylic acids is 1. The molecule has 1 heterocycles. The monoisotopic (exact) mass is 289 g/mol.